The smallest absolute Gasteiger partial charge is 0.265 e. The van der Waals surface area contributed by atoms with Crippen LogP contribution in [0.2, 0.25) is 0 Å². The van der Waals surface area contributed by atoms with Gasteiger partial charge < -0.3 is 15.0 Å². The molecule has 3 rings (SSSR count). The molecule has 0 saturated carbocycles. The first-order valence-corrected chi connectivity index (χ1v) is 9.28. The van der Waals surface area contributed by atoms with Crippen LogP contribution in [0.3, 0.4) is 0 Å². The Hall–Kier alpha value is -3.08. The second-order valence-corrected chi connectivity index (χ2v) is 8.19. The Morgan fingerprint density at radius 2 is 1.86 bits per heavy atom. The van der Waals surface area contributed by atoms with Gasteiger partial charge in [-0.25, -0.2) is 0 Å². The van der Waals surface area contributed by atoms with E-state index in [1.165, 1.54) is 5.56 Å². The quantitative estimate of drug-likeness (QED) is 0.795. The van der Waals surface area contributed by atoms with Gasteiger partial charge in [-0.15, -0.1) is 0 Å². The van der Waals surface area contributed by atoms with Crippen molar-refractivity contribution in [3.05, 3.63) is 65.7 Å². The number of hydrogen-bond donors (Lipinski definition) is 1. The highest BCUT2D eigenvalue weighted by atomic mass is 16.5. The zero-order chi connectivity index (χ0) is 20.5. The van der Waals surface area contributed by atoms with E-state index in [9.17, 15) is 9.59 Å². The van der Waals surface area contributed by atoms with E-state index in [1.54, 1.807) is 23.1 Å². The van der Waals surface area contributed by atoms with Gasteiger partial charge in [0, 0.05) is 17.8 Å². The number of hydrogen-bond acceptors (Lipinski definition) is 3. The highest BCUT2D eigenvalue weighted by molar-refractivity contribution is 6.05. The lowest BCUT2D eigenvalue weighted by molar-refractivity contribution is -0.121. The summed E-state index contributed by atoms with van der Waals surface area (Å²) in [6, 6.07) is 12.9. The summed E-state index contributed by atoms with van der Waals surface area (Å²) < 4.78 is 5.50. The molecule has 0 aromatic heterocycles. The number of rotatable bonds is 4. The normalized spacial score (nSPS) is 13.6. The molecular weight excluding hydrogens is 352 g/mol. The van der Waals surface area contributed by atoms with Crippen molar-refractivity contribution in [1.82, 2.24) is 0 Å². The fourth-order valence-electron chi connectivity index (χ4n) is 3.05. The number of ether oxygens (including phenoxy) is 1. The summed E-state index contributed by atoms with van der Waals surface area (Å²) in [7, 11) is 0. The first kappa shape index (κ1) is 19.7. The minimum atomic E-state index is -0.199. The van der Waals surface area contributed by atoms with Crippen LogP contribution in [0.15, 0.2) is 54.6 Å². The molecular formula is C23H26N2O3. The van der Waals surface area contributed by atoms with Crippen molar-refractivity contribution in [2.45, 2.75) is 33.1 Å². The monoisotopic (exact) mass is 378 g/mol. The summed E-state index contributed by atoms with van der Waals surface area (Å²) in [5.41, 5.74) is 3.90. The van der Waals surface area contributed by atoms with Crippen LogP contribution < -0.4 is 15.0 Å². The molecule has 1 aliphatic rings. The molecule has 0 fully saturated rings. The third-order valence-corrected chi connectivity index (χ3v) is 4.60. The molecule has 2 amide bonds. The summed E-state index contributed by atoms with van der Waals surface area (Å²) in [5.74, 6) is 0.292. The SMILES string of the molecule is C=C(C)CN1C(=O)COc2ccc(NC(=O)c3ccc(C(C)(C)C)cc3)cc21. The van der Waals surface area contributed by atoms with E-state index in [0.717, 1.165) is 5.57 Å². The zero-order valence-corrected chi connectivity index (χ0v) is 16.8. The van der Waals surface area contributed by atoms with E-state index in [0.29, 0.717) is 29.2 Å². The van der Waals surface area contributed by atoms with Gasteiger partial charge in [0.2, 0.25) is 0 Å². The van der Waals surface area contributed by atoms with Crippen molar-refractivity contribution in [3.8, 4) is 5.75 Å². The number of anilines is 2. The maximum Gasteiger partial charge on any atom is 0.265 e. The van der Waals surface area contributed by atoms with Gasteiger partial charge in [0.05, 0.1) is 5.69 Å². The average Bonchev–Trinajstić information content (AvgIpc) is 2.63. The minimum absolute atomic E-state index is 0.00606. The number of nitrogens with zero attached hydrogens (tertiary/aromatic N) is 1. The van der Waals surface area contributed by atoms with Gasteiger partial charge in [0.25, 0.3) is 11.8 Å². The van der Waals surface area contributed by atoms with Crippen LogP contribution in [0.5, 0.6) is 5.75 Å². The summed E-state index contributed by atoms with van der Waals surface area (Å²) in [5, 5.41) is 2.90. The summed E-state index contributed by atoms with van der Waals surface area (Å²) >= 11 is 0. The second kappa shape index (κ2) is 7.50. The average molecular weight is 378 g/mol. The molecule has 0 unspecified atom stereocenters. The summed E-state index contributed by atoms with van der Waals surface area (Å²) in [6.07, 6.45) is 0. The third kappa shape index (κ3) is 4.25. The number of carbonyl (C=O) groups excluding carboxylic acids is 2. The molecule has 0 spiro atoms. The number of fused-ring (bicyclic) bond motifs is 1. The van der Waals surface area contributed by atoms with Crippen LogP contribution in [0.25, 0.3) is 0 Å². The molecule has 0 saturated heterocycles. The Bertz CT molecular complexity index is 924. The molecule has 0 aliphatic carbocycles. The topological polar surface area (TPSA) is 58.6 Å². The third-order valence-electron chi connectivity index (χ3n) is 4.60. The van der Waals surface area contributed by atoms with Crippen LogP contribution in [0.4, 0.5) is 11.4 Å². The first-order valence-electron chi connectivity index (χ1n) is 9.28. The van der Waals surface area contributed by atoms with Gasteiger partial charge in [0.1, 0.15) is 5.75 Å². The molecule has 2 aromatic rings. The van der Waals surface area contributed by atoms with Crippen LogP contribution in [-0.4, -0.2) is 25.0 Å². The maximum absolute atomic E-state index is 12.6. The van der Waals surface area contributed by atoms with Gasteiger partial charge in [-0.05, 0) is 48.2 Å². The van der Waals surface area contributed by atoms with E-state index in [4.69, 9.17) is 4.74 Å². The van der Waals surface area contributed by atoms with Gasteiger partial charge in [-0.2, -0.15) is 0 Å². The Morgan fingerprint density at radius 1 is 1.18 bits per heavy atom. The van der Waals surface area contributed by atoms with Gasteiger partial charge in [0.15, 0.2) is 6.61 Å². The van der Waals surface area contributed by atoms with Crippen LogP contribution in [0.1, 0.15) is 43.6 Å². The Morgan fingerprint density at radius 3 is 2.46 bits per heavy atom. The summed E-state index contributed by atoms with van der Waals surface area (Å²) in [6.45, 7) is 12.6. The van der Waals surface area contributed by atoms with Gasteiger partial charge in [-0.1, -0.05) is 45.1 Å². The number of nitrogens with one attached hydrogen (secondary N) is 1. The summed E-state index contributed by atoms with van der Waals surface area (Å²) in [4.78, 5) is 26.5. The van der Waals surface area contributed by atoms with Gasteiger partial charge in [-0.3, -0.25) is 9.59 Å². The molecule has 0 atom stereocenters. The number of amides is 2. The fraction of sp³-hybridized carbons (Fsp3) is 0.304. The van der Waals surface area contributed by atoms with E-state index in [1.807, 2.05) is 31.2 Å². The molecule has 0 radical (unpaired) electrons. The Kier molecular flexibility index (Phi) is 5.27. The Labute approximate surface area is 166 Å². The predicted octanol–water partition coefficient (Wildman–Crippen LogP) is 4.54. The lowest BCUT2D eigenvalue weighted by Crippen LogP contribution is -2.39. The molecule has 1 aliphatic heterocycles. The standard InChI is InChI=1S/C23H26N2O3/c1-15(2)13-25-19-12-18(10-11-20(19)28-14-21(25)26)24-22(27)16-6-8-17(9-7-16)23(3,4)5/h6-12H,1,13-14H2,2-5H3,(H,24,27). The molecule has 1 heterocycles. The molecule has 5 nitrogen and oxygen atoms in total. The van der Waals surface area contributed by atoms with E-state index in [-0.39, 0.29) is 23.8 Å². The molecule has 2 aromatic carbocycles. The van der Waals surface area contributed by atoms with Crippen molar-refractivity contribution < 1.29 is 14.3 Å². The van der Waals surface area contributed by atoms with E-state index < -0.39 is 0 Å². The number of benzene rings is 2. The highest BCUT2D eigenvalue weighted by Crippen LogP contribution is 2.35. The molecule has 0 bridgehead atoms. The number of carbonyl (C=O) groups is 2. The van der Waals surface area contributed by atoms with Crippen molar-refractivity contribution >= 4 is 23.2 Å². The second-order valence-electron chi connectivity index (χ2n) is 8.19. The Balaban J connectivity index is 1.81. The van der Waals surface area contributed by atoms with E-state index >= 15 is 0 Å². The largest absolute Gasteiger partial charge is 0.482 e. The molecule has 1 N–H and O–H groups in total. The van der Waals surface area contributed by atoms with Crippen molar-refractivity contribution in [3.63, 3.8) is 0 Å². The van der Waals surface area contributed by atoms with Gasteiger partial charge >= 0.3 is 0 Å². The molecule has 28 heavy (non-hydrogen) atoms. The first-order chi connectivity index (χ1) is 13.1. The highest BCUT2D eigenvalue weighted by Gasteiger charge is 2.26. The van der Waals surface area contributed by atoms with Crippen LogP contribution in [-0.2, 0) is 10.2 Å². The van der Waals surface area contributed by atoms with Crippen molar-refractivity contribution in [2.75, 3.05) is 23.4 Å². The van der Waals surface area contributed by atoms with Crippen molar-refractivity contribution in [2.24, 2.45) is 0 Å². The van der Waals surface area contributed by atoms with E-state index in [2.05, 4.69) is 32.7 Å². The lowest BCUT2D eigenvalue weighted by atomic mass is 9.87. The maximum atomic E-state index is 12.6. The van der Waals surface area contributed by atoms with Crippen molar-refractivity contribution in [1.29, 1.82) is 0 Å². The predicted molar refractivity (Wildman–Crippen MR) is 112 cm³/mol. The molecule has 5 heteroatoms. The van der Waals surface area contributed by atoms with Crippen LogP contribution in [0, 0.1) is 0 Å². The van der Waals surface area contributed by atoms with Crippen LogP contribution >= 0.6 is 0 Å². The minimum Gasteiger partial charge on any atom is -0.482 e. The molecule has 146 valence electrons. The fourth-order valence-corrected chi connectivity index (χ4v) is 3.05. The zero-order valence-electron chi connectivity index (χ0n) is 16.8. The lowest BCUT2D eigenvalue weighted by Gasteiger charge is -2.30.